The number of pyridine rings is 1. The summed E-state index contributed by atoms with van der Waals surface area (Å²) in [5.41, 5.74) is 0.876. The second kappa shape index (κ2) is 5.88. The summed E-state index contributed by atoms with van der Waals surface area (Å²) < 4.78 is 5.80. The van der Waals surface area contributed by atoms with E-state index in [-0.39, 0.29) is 0 Å². The molecular weight excluding hydrogens is 288 g/mol. The van der Waals surface area contributed by atoms with Gasteiger partial charge in [0, 0.05) is 18.0 Å². The molecule has 2 aromatic heterocycles. The van der Waals surface area contributed by atoms with E-state index in [1.54, 1.807) is 12.4 Å². The summed E-state index contributed by atoms with van der Waals surface area (Å²) in [7, 11) is 0. The van der Waals surface area contributed by atoms with Crippen LogP contribution in [0.5, 0.6) is 5.75 Å². The molecule has 4 rings (SSSR count). The zero-order chi connectivity index (χ0) is 15.5. The SMILES string of the molecule is c1cncc(-c2n[nH]c(COc3ccc4ccccc4c3)n2)c1. The number of nitrogens with one attached hydrogen (secondary N) is 1. The smallest absolute Gasteiger partial charge is 0.182 e. The van der Waals surface area contributed by atoms with Gasteiger partial charge in [0.15, 0.2) is 11.6 Å². The van der Waals surface area contributed by atoms with Gasteiger partial charge >= 0.3 is 0 Å². The van der Waals surface area contributed by atoms with Gasteiger partial charge in [-0.15, -0.1) is 0 Å². The Labute approximate surface area is 133 Å². The number of H-pyrrole nitrogens is 1. The van der Waals surface area contributed by atoms with Crippen molar-refractivity contribution in [1.82, 2.24) is 20.2 Å². The lowest BCUT2D eigenvalue weighted by molar-refractivity contribution is 0.297. The third kappa shape index (κ3) is 2.89. The molecule has 0 aliphatic carbocycles. The lowest BCUT2D eigenvalue weighted by Crippen LogP contribution is -1.97. The minimum absolute atomic E-state index is 0.339. The van der Waals surface area contributed by atoms with Gasteiger partial charge in [0.05, 0.1) is 0 Å². The van der Waals surface area contributed by atoms with Crippen LogP contribution < -0.4 is 4.74 Å². The van der Waals surface area contributed by atoms with Crippen molar-refractivity contribution in [3.05, 3.63) is 72.8 Å². The molecule has 0 amide bonds. The lowest BCUT2D eigenvalue weighted by atomic mass is 10.1. The fourth-order valence-corrected chi connectivity index (χ4v) is 2.39. The number of ether oxygens (including phenoxy) is 1. The van der Waals surface area contributed by atoms with Gasteiger partial charge in [-0.25, -0.2) is 4.98 Å². The molecule has 0 aliphatic rings. The highest BCUT2D eigenvalue weighted by Gasteiger charge is 2.06. The van der Waals surface area contributed by atoms with Crippen LogP contribution in [0.25, 0.3) is 22.2 Å². The minimum atomic E-state index is 0.339. The summed E-state index contributed by atoms with van der Waals surface area (Å²) in [6.07, 6.45) is 3.46. The maximum absolute atomic E-state index is 5.80. The molecule has 4 aromatic rings. The van der Waals surface area contributed by atoms with E-state index in [1.807, 2.05) is 42.5 Å². The van der Waals surface area contributed by atoms with Crippen molar-refractivity contribution in [1.29, 1.82) is 0 Å². The van der Waals surface area contributed by atoms with Crippen LogP contribution in [0.15, 0.2) is 67.0 Å². The third-order valence-electron chi connectivity index (χ3n) is 3.55. The number of hydrogen-bond donors (Lipinski definition) is 1. The molecule has 0 atom stereocenters. The Bertz CT molecular complexity index is 934. The van der Waals surface area contributed by atoms with Gasteiger partial charge in [-0.2, -0.15) is 5.10 Å². The first-order chi connectivity index (χ1) is 11.4. The molecule has 0 bridgehead atoms. The van der Waals surface area contributed by atoms with Crippen LogP contribution in [0.1, 0.15) is 5.82 Å². The molecule has 0 spiro atoms. The Morgan fingerprint density at radius 3 is 2.74 bits per heavy atom. The maximum Gasteiger partial charge on any atom is 0.182 e. The van der Waals surface area contributed by atoms with Crippen molar-refractivity contribution in [2.75, 3.05) is 0 Å². The number of fused-ring (bicyclic) bond motifs is 1. The normalized spacial score (nSPS) is 10.8. The summed E-state index contributed by atoms with van der Waals surface area (Å²) in [6.45, 7) is 0.339. The van der Waals surface area contributed by atoms with Gasteiger partial charge in [0.2, 0.25) is 0 Å². The van der Waals surface area contributed by atoms with Crippen molar-refractivity contribution in [2.45, 2.75) is 6.61 Å². The molecular formula is C18H14N4O. The molecule has 2 aromatic carbocycles. The van der Waals surface area contributed by atoms with E-state index in [4.69, 9.17) is 4.74 Å². The first-order valence-electron chi connectivity index (χ1n) is 7.32. The van der Waals surface area contributed by atoms with Crippen LogP contribution >= 0.6 is 0 Å². The van der Waals surface area contributed by atoms with E-state index in [2.05, 4.69) is 32.3 Å². The minimum Gasteiger partial charge on any atom is -0.486 e. The van der Waals surface area contributed by atoms with Gasteiger partial charge in [-0.05, 0) is 35.0 Å². The van der Waals surface area contributed by atoms with Gasteiger partial charge < -0.3 is 4.74 Å². The Morgan fingerprint density at radius 2 is 1.87 bits per heavy atom. The Morgan fingerprint density at radius 1 is 0.957 bits per heavy atom. The zero-order valence-corrected chi connectivity index (χ0v) is 12.3. The molecule has 23 heavy (non-hydrogen) atoms. The van der Waals surface area contributed by atoms with E-state index < -0.39 is 0 Å². The summed E-state index contributed by atoms with van der Waals surface area (Å²) in [5, 5.41) is 9.43. The molecule has 5 heteroatoms. The summed E-state index contributed by atoms with van der Waals surface area (Å²) >= 11 is 0. The van der Waals surface area contributed by atoms with Crippen molar-refractivity contribution in [2.24, 2.45) is 0 Å². The summed E-state index contributed by atoms with van der Waals surface area (Å²) in [5.74, 6) is 2.11. The average molecular weight is 302 g/mol. The fraction of sp³-hybridized carbons (Fsp3) is 0.0556. The van der Waals surface area contributed by atoms with Gasteiger partial charge in [-0.3, -0.25) is 10.1 Å². The monoisotopic (exact) mass is 302 g/mol. The number of rotatable bonds is 4. The highest BCUT2D eigenvalue weighted by atomic mass is 16.5. The number of hydrogen-bond acceptors (Lipinski definition) is 4. The second-order valence-corrected chi connectivity index (χ2v) is 5.15. The Kier molecular flexibility index (Phi) is 3.44. The quantitative estimate of drug-likeness (QED) is 0.625. The summed E-state index contributed by atoms with van der Waals surface area (Å²) in [6, 6.07) is 18.0. The van der Waals surface area contributed by atoms with Gasteiger partial charge in [0.25, 0.3) is 0 Å². The standard InChI is InChI=1S/C18H14N4O/c1-2-5-14-10-16(8-7-13(14)4-1)23-12-17-20-18(22-21-17)15-6-3-9-19-11-15/h1-11H,12H2,(H,20,21,22). The van der Waals surface area contributed by atoms with Crippen molar-refractivity contribution in [3.8, 4) is 17.1 Å². The van der Waals surface area contributed by atoms with Crippen molar-refractivity contribution < 1.29 is 4.74 Å². The number of aromatic amines is 1. The topological polar surface area (TPSA) is 63.7 Å². The van der Waals surface area contributed by atoms with Crippen molar-refractivity contribution in [3.63, 3.8) is 0 Å². The van der Waals surface area contributed by atoms with Gasteiger partial charge in [-0.1, -0.05) is 30.3 Å². The molecule has 0 aliphatic heterocycles. The highest BCUT2D eigenvalue weighted by molar-refractivity contribution is 5.83. The van der Waals surface area contributed by atoms with Crippen LogP contribution in [0, 0.1) is 0 Å². The molecule has 0 fully saturated rings. The highest BCUT2D eigenvalue weighted by Crippen LogP contribution is 2.21. The van der Waals surface area contributed by atoms with Crippen molar-refractivity contribution >= 4 is 10.8 Å². The molecule has 1 N–H and O–H groups in total. The molecule has 5 nitrogen and oxygen atoms in total. The molecule has 0 unspecified atom stereocenters. The van der Waals surface area contributed by atoms with Crippen LogP contribution in [0.3, 0.4) is 0 Å². The first-order valence-corrected chi connectivity index (χ1v) is 7.32. The molecule has 112 valence electrons. The molecule has 0 radical (unpaired) electrons. The second-order valence-electron chi connectivity index (χ2n) is 5.15. The average Bonchev–Trinajstić information content (AvgIpc) is 3.10. The van der Waals surface area contributed by atoms with Crippen LogP contribution in [-0.2, 0) is 6.61 Å². The van der Waals surface area contributed by atoms with E-state index in [0.717, 1.165) is 16.7 Å². The number of nitrogens with zero attached hydrogens (tertiary/aromatic N) is 3. The van der Waals surface area contributed by atoms with E-state index in [1.165, 1.54) is 5.39 Å². The number of aromatic nitrogens is 4. The first kappa shape index (κ1) is 13.5. The fourth-order valence-electron chi connectivity index (χ4n) is 2.39. The van der Waals surface area contributed by atoms with E-state index in [9.17, 15) is 0 Å². The summed E-state index contributed by atoms with van der Waals surface area (Å²) in [4.78, 5) is 8.49. The molecule has 0 saturated carbocycles. The molecule has 0 saturated heterocycles. The van der Waals surface area contributed by atoms with Crippen LogP contribution in [0.4, 0.5) is 0 Å². The Hall–Kier alpha value is -3.21. The predicted octanol–water partition coefficient (Wildman–Crippen LogP) is 3.60. The van der Waals surface area contributed by atoms with E-state index in [0.29, 0.717) is 18.3 Å². The predicted molar refractivity (Wildman–Crippen MR) is 87.9 cm³/mol. The Balaban J connectivity index is 1.49. The largest absolute Gasteiger partial charge is 0.486 e. The lowest BCUT2D eigenvalue weighted by Gasteiger charge is -2.05. The van der Waals surface area contributed by atoms with Crippen LogP contribution in [0.2, 0.25) is 0 Å². The molecule has 2 heterocycles. The third-order valence-corrected chi connectivity index (χ3v) is 3.55. The van der Waals surface area contributed by atoms with E-state index >= 15 is 0 Å². The number of benzene rings is 2. The van der Waals surface area contributed by atoms with Gasteiger partial charge in [0.1, 0.15) is 12.4 Å². The van der Waals surface area contributed by atoms with Crippen LogP contribution in [-0.4, -0.2) is 20.2 Å². The maximum atomic E-state index is 5.80. The zero-order valence-electron chi connectivity index (χ0n) is 12.3.